The first-order valence-electron chi connectivity index (χ1n) is 8.92. The summed E-state index contributed by atoms with van der Waals surface area (Å²) in [4.78, 5) is 19.6. The number of aromatic nitrogens is 2. The molecule has 3 rings (SSSR count). The lowest BCUT2D eigenvalue weighted by molar-refractivity contribution is -0.137. The molecular formula is C19H21F3N4O2. The summed E-state index contributed by atoms with van der Waals surface area (Å²) in [7, 11) is 1.28. The zero-order valence-corrected chi connectivity index (χ0v) is 15.6. The largest absolute Gasteiger partial charge is 0.465 e. The topological polar surface area (TPSA) is 76.1 Å². The van der Waals surface area contributed by atoms with Crippen LogP contribution in [0.3, 0.4) is 0 Å². The van der Waals surface area contributed by atoms with Gasteiger partial charge in [0.1, 0.15) is 11.4 Å². The number of ether oxygens (including phenoxy) is 1. The molecule has 2 N–H and O–H groups in total. The van der Waals surface area contributed by atoms with Crippen LogP contribution in [0.2, 0.25) is 0 Å². The van der Waals surface area contributed by atoms with Crippen molar-refractivity contribution in [3.63, 3.8) is 0 Å². The van der Waals surface area contributed by atoms with Crippen LogP contribution in [0.4, 0.5) is 30.6 Å². The molecule has 1 aliphatic carbocycles. The molecule has 1 aromatic heterocycles. The molecule has 28 heavy (non-hydrogen) atoms. The summed E-state index contributed by atoms with van der Waals surface area (Å²) in [6, 6.07) is 4.93. The fourth-order valence-corrected chi connectivity index (χ4v) is 2.74. The van der Waals surface area contributed by atoms with Crippen molar-refractivity contribution in [1.29, 1.82) is 0 Å². The zero-order valence-electron chi connectivity index (χ0n) is 15.6. The quantitative estimate of drug-likeness (QED) is 0.671. The molecule has 9 heteroatoms. The highest BCUT2D eigenvalue weighted by molar-refractivity contribution is 5.92. The van der Waals surface area contributed by atoms with Gasteiger partial charge in [-0.25, -0.2) is 9.78 Å². The molecule has 1 heterocycles. The third kappa shape index (κ3) is 4.90. The normalized spacial score (nSPS) is 13.9. The molecule has 0 amide bonds. The average Bonchev–Trinajstić information content (AvgIpc) is 3.46. The van der Waals surface area contributed by atoms with Crippen LogP contribution in [-0.4, -0.2) is 29.6 Å². The lowest BCUT2D eigenvalue weighted by Crippen LogP contribution is -2.15. The van der Waals surface area contributed by atoms with E-state index in [1.54, 1.807) is 25.1 Å². The number of hydrogen-bond donors (Lipinski definition) is 2. The maximum atomic E-state index is 13.2. The van der Waals surface area contributed by atoms with E-state index in [0.717, 1.165) is 25.5 Å². The lowest BCUT2D eigenvalue weighted by Gasteiger charge is -2.15. The van der Waals surface area contributed by atoms with Gasteiger partial charge in [0.25, 0.3) is 0 Å². The summed E-state index contributed by atoms with van der Waals surface area (Å²) >= 11 is 0. The third-order valence-electron chi connectivity index (χ3n) is 4.54. The lowest BCUT2D eigenvalue weighted by atomic mass is 10.1. The molecule has 0 radical (unpaired) electrons. The van der Waals surface area contributed by atoms with Crippen molar-refractivity contribution >= 4 is 23.4 Å². The Bertz CT molecular complexity index is 867. The minimum Gasteiger partial charge on any atom is -0.465 e. The number of carbonyl (C=O) groups is 1. The van der Waals surface area contributed by atoms with Crippen molar-refractivity contribution in [2.24, 2.45) is 5.92 Å². The molecule has 150 valence electrons. The number of nitrogens with one attached hydrogen (secondary N) is 2. The number of rotatable bonds is 7. The standard InChI is InChI=1S/C19H21F3N4O2/c1-11-3-6-13(9-14(11)17(27)28-2)25-18-24-10-15(19(20,21)22)16(26-18)23-8-7-12-4-5-12/h3,6,9-10,12H,4-5,7-8H2,1-2H3,(H2,23,24,25,26). The van der Waals surface area contributed by atoms with E-state index in [-0.39, 0.29) is 11.8 Å². The molecule has 0 saturated heterocycles. The summed E-state index contributed by atoms with van der Waals surface area (Å²) < 4.78 is 44.4. The van der Waals surface area contributed by atoms with Gasteiger partial charge in [-0.3, -0.25) is 0 Å². The predicted octanol–water partition coefficient (Wildman–Crippen LogP) is 4.55. The molecule has 0 spiro atoms. The maximum absolute atomic E-state index is 13.2. The number of esters is 1. The fraction of sp³-hybridized carbons (Fsp3) is 0.421. The summed E-state index contributed by atoms with van der Waals surface area (Å²) in [6.45, 7) is 2.17. The molecular weight excluding hydrogens is 373 g/mol. The monoisotopic (exact) mass is 394 g/mol. The Kier molecular flexibility index (Phi) is 5.71. The van der Waals surface area contributed by atoms with Gasteiger partial charge in [-0.2, -0.15) is 18.2 Å². The Hall–Kier alpha value is -2.84. The van der Waals surface area contributed by atoms with Crippen LogP contribution in [-0.2, 0) is 10.9 Å². The Balaban J connectivity index is 1.82. The van der Waals surface area contributed by atoms with E-state index < -0.39 is 17.7 Å². The maximum Gasteiger partial charge on any atom is 0.421 e. The van der Waals surface area contributed by atoms with Crippen molar-refractivity contribution in [3.8, 4) is 0 Å². The summed E-state index contributed by atoms with van der Waals surface area (Å²) in [5.41, 5.74) is 0.623. The van der Waals surface area contributed by atoms with Crippen molar-refractivity contribution in [2.45, 2.75) is 32.4 Å². The van der Waals surface area contributed by atoms with Crippen LogP contribution in [0.5, 0.6) is 0 Å². The van der Waals surface area contributed by atoms with Crippen LogP contribution in [0.1, 0.15) is 40.7 Å². The zero-order chi connectivity index (χ0) is 20.3. The Morgan fingerprint density at radius 3 is 2.71 bits per heavy atom. The molecule has 1 fully saturated rings. The highest BCUT2D eigenvalue weighted by atomic mass is 19.4. The molecule has 6 nitrogen and oxygen atoms in total. The predicted molar refractivity (Wildman–Crippen MR) is 98.7 cm³/mol. The first kappa shape index (κ1) is 19.9. The number of anilines is 3. The number of hydrogen-bond acceptors (Lipinski definition) is 6. The molecule has 1 saturated carbocycles. The molecule has 0 bridgehead atoms. The molecule has 1 aliphatic rings. The van der Waals surface area contributed by atoms with E-state index in [2.05, 4.69) is 20.6 Å². The van der Waals surface area contributed by atoms with E-state index in [4.69, 9.17) is 4.74 Å². The number of benzene rings is 1. The van der Waals surface area contributed by atoms with Gasteiger partial charge >= 0.3 is 12.1 Å². The number of aryl methyl sites for hydroxylation is 1. The van der Waals surface area contributed by atoms with E-state index in [9.17, 15) is 18.0 Å². The van der Waals surface area contributed by atoms with Gasteiger partial charge in [-0.05, 0) is 37.0 Å². The number of carbonyl (C=O) groups excluding carboxylic acids is 1. The van der Waals surface area contributed by atoms with Crippen molar-refractivity contribution < 1.29 is 22.7 Å². The van der Waals surface area contributed by atoms with Crippen LogP contribution in [0.25, 0.3) is 0 Å². The fourth-order valence-electron chi connectivity index (χ4n) is 2.74. The Morgan fingerprint density at radius 2 is 2.07 bits per heavy atom. The summed E-state index contributed by atoms with van der Waals surface area (Å²) in [5, 5.41) is 5.62. The molecule has 0 atom stereocenters. The molecule has 0 unspecified atom stereocenters. The van der Waals surface area contributed by atoms with Crippen molar-refractivity contribution in [2.75, 3.05) is 24.3 Å². The van der Waals surface area contributed by atoms with Crippen LogP contribution in [0.15, 0.2) is 24.4 Å². The van der Waals surface area contributed by atoms with E-state index >= 15 is 0 Å². The summed E-state index contributed by atoms with van der Waals surface area (Å²) in [6.07, 6.45) is -0.738. The second-order valence-electron chi connectivity index (χ2n) is 6.76. The minimum atomic E-state index is -4.55. The second-order valence-corrected chi connectivity index (χ2v) is 6.76. The second kappa shape index (κ2) is 8.04. The van der Waals surface area contributed by atoms with Gasteiger partial charge in [0.05, 0.1) is 12.7 Å². The minimum absolute atomic E-state index is 0.00147. The van der Waals surface area contributed by atoms with Crippen LogP contribution < -0.4 is 10.6 Å². The van der Waals surface area contributed by atoms with Crippen LogP contribution in [0, 0.1) is 12.8 Å². The Labute approximate surface area is 160 Å². The average molecular weight is 394 g/mol. The Morgan fingerprint density at radius 1 is 1.32 bits per heavy atom. The van der Waals surface area contributed by atoms with E-state index in [1.165, 1.54) is 7.11 Å². The number of nitrogens with zero attached hydrogens (tertiary/aromatic N) is 2. The van der Waals surface area contributed by atoms with Gasteiger partial charge in [-0.15, -0.1) is 0 Å². The third-order valence-corrected chi connectivity index (χ3v) is 4.54. The van der Waals surface area contributed by atoms with Crippen LogP contribution >= 0.6 is 0 Å². The molecule has 0 aliphatic heterocycles. The molecule has 2 aromatic rings. The smallest absolute Gasteiger partial charge is 0.421 e. The SMILES string of the molecule is COC(=O)c1cc(Nc2ncc(C(F)(F)F)c(NCCC3CC3)n2)ccc1C. The van der Waals surface area contributed by atoms with Gasteiger partial charge < -0.3 is 15.4 Å². The van der Waals surface area contributed by atoms with Crippen molar-refractivity contribution in [3.05, 3.63) is 41.1 Å². The number of alkyl halides is 3. The number of halogens is 3. The van der Waals surface area contributed by atoms with Gasteiger partial charge in [0, 0.05) is 18.4 Å². The first-order valence-corrected chi connectivity index (χ1v) is 8.92. The number of methoxy groups -OCH3 is 1. The first-order chi connectivity index (χ1) is 13.3. The summed E-state index contributed by atoms with van der Waals surface area (Å²) in [5.74, 6) is -0.171. The molecule has 1 aromatic carbocycles. The van der Waals surface area contributed by atoms with E-state index in [0.29, 0.717) is 29.3 Å². The highest BCUT2D eigenvalue weighted by Crippen LogP contribution is 2.35. The highest BCUT2D eigenvalue weighted by Gasteiger charge is 2.35. The van der Waals surface area contributed by atoms with E-state index in [1.807, 2.05) is 0 Å². The van der Waals surface area contributed by atoms with Gasteiger partial charge in [0.15, 0.2) is 0 Å². The van der Waals surface area contributed by atoms with Crippen molar-refractivity contribution in [1.82, 2.24) is 9.97 Å². The van der Waals surface area contributed by atoms with Gasteiger partial charge in [-0.1, -0.05) is 18.9 Å². The van der Waals surface area contributed by atoms with Gasteiger partial charge in [0.2, 0.25) is 5.95 Å².